The first-order chi connectivity index (χ1) is 12.0. The smallest absolute Gasteiger partial charge is 0.159 e. The molecular weight excluding hydrogens is 308 g/mol. The second-order valence-corrected chi connectivity index (χ2v) is 7.77. The Balaban J connectivity index is 0.000000195. The molecule has 3 rings (SSSR count). The fourth-order valence-corrected chi connectivity index (χ4v) is 3.44. The van der Waals surface area contributed by atoms with Crippen molar-refractivity contribution in [3.8, 4) is 5.75 Å². The molecule has 2 fully saturated rings. The predicted octanol–water partition coefficient (Wildman–Crippen LogP) is 7.07. The number of ether oxygens (including phenoxy) is 1. The molecule has 0 heterocycles. The molecule has 0 atom stereocenters. The lowest BCUT2D eigenvalue weighted by molar-refractivity contribution is 0.101. The highest BCUT2D eigenvalue weighted by Crippen LogP contribution is 2.22. The van der Waals surface area contributed by atoms with Crippen LogP contribution in [-0.4, -0.2) is 12.9 Å². The highest BCUT2D eigenvalue weighted by Gasteiger charge is 2.06. The summed E-state index contributed by atoms with van der Waals surface area (Å²) in [5.41, 5.74) is 0.714. The Morgan fingerprint density at radius 3 is 1.44 bits per heavy atom. The second-order valence-electron chi connectivity index (χ2n) is 7.77. The van der Waals surface area contributed by atoms with Gasteiger partial charge in [0.25, 0.3) is 0 Å². The first-order valence-corrected chi connectivity index (χ1v) is 10.2. The Morgan fingerprint density at radius 1 is 0.800 bits per heavy atom. The lowest BCUT2D eigenvalue weighted by Gasteiger charge is -2.15. The van der Waals surface area contributed by atoms with Crippen molar-refractivity contribution in [1.82, 2.24) is 0 Å². The van der Waals surface area contributed by atoms with Gasteiger partial charge in [0, 0.05) is 5.56 Å². The van der Waals surface area contributed by atoms with Crippen molar-refractivity contribution in [2.45, 2.75) is 85.0 Å². The Morgan fingerprint density at radius 2 is 1.20 bits per heavy atom. The minimum absolute atomic E-state index is 0.0765. The van der Waals surface area contributed by atoms with E-state index in [4.69, 9.17) is 4.74 Å². The molecule has 1 aromatic rings. The summed E-state index contributed by atoms with van der Waals surface area (Å²) in [6.45, 7) is 6.26. The van der Waals surface area contributed by atoms with Crippen LogP contribution in [-0.2, 0) is 0 Å². The van der Waals surface area contributed by atoms with E-state index >= 15 is 0 Å². The van der Waals surface area contributed by atoms with E-state index < -0.39 is 0 Å². The molecule has 2 aliphatic rings. The van der Waals surface area contributed by atoms with Gasteiger partial charge in [-0.25, -0.2) is 0 Å². The zero-order valence-corrected chi connectivity index (χ0v) is 16.9. The molecule has 0 N–H and O–H groups in total. The Kier molecular flexibility index (Phi) is 11.3. The quantitative estimate of drug-likeness (QED) is 0.535. The second kappa shape index (κ2) is 13.0. The van der Waals surface area contributed by atoms with Gasteiger partial charge in [-0.3, -0.25) is 4.79 Å². The van der Waals surface area contributed by atoms with Gasteiger partial charge in [0.2, 0.25) is 0 Å². The number of hydrogen-bond donors (Lipinski definition) is 0. The molecule has 25 heavy (non-hydrogen) atoms. The summed E-state index contributed by atoms with van der Waals surface area (Å²) < 4.78 is 4.94. The Hall–Kier alpha value is -1.31. The molecule has 0 aliphatic heterocycles. The number of hydrogen-bond acceptors (Lipinski definition) is 2. The van der Waals surface area contributed by atoms with Crippen LogP contribution in [0.5, 0.6) is 5.75 Å². The van der Waals surface area contributed by atoms with Gasteiger partial charge in [0.15, 0.2) is 5.78 Å². The van der Waals surface area contributed by atoms with Crippen molar-refractivity contribution in [3.63, 3.8) is 0 Å². The highest BCUT2D eigenvalue weighted by atomic mass is 16.5. The Bertz CT molecular complexity index is 435. The predicted molar refractivity (Wildman–Crippen MR) is 107 cm³/mol. The number of benzene rings is 1. The normalized spacial score (nSPS) is 18.2. The molecule has 0 aromatic heterocycles. The maximum atomic E-state index is 10.8. The number of carbonyl (C=O) groups excluding carboxylic acids is 1. The van der Waals surface area contributed by atoms with Crippen molar-refractivity contribution in [2.75, 3.05) is 7.11 Å². The van der Waals surface area contributed by atoms with Gasteiger partial charge < -0.3 is 4.74 Å². The van der Waals surface area contributed by atoms with Gasteiger partial charge in [0.05, 0.1) is 7.11 Å². The zero-order valence-electron chi connectivity index (χ0n) is 16.9. The molecule has 2 aliphatic carbocycles. The summed E-state index contributed by atoms with van der Waals surface area (Å²) in [6, 6.07) is 7.05. The van der Waals surface area contributed by atoms with E-state index in [1.165, 1.54) is 64.2 Å². The van der Waals surface area contributed by atoms with Crippen LogP contribution in [0.4, 0.5) is 0 Å². The fraction of sp³-hybridized carbons (Fsp3) is 0.696. The highest BCUT2D eigenvalue weighted by molar-refractivity contribution is 5.94. The van der Waals surface area contributed by atoms with Crippen LogP contribution in [0.1, 0.15) is 95.3 Å². The van der Waals surface area contributed by atoms with E-state index in [0.717, 1.165) is 17.6 Å². The lowest BCUT2D eigenvalue weighted by Crippen LogP contribution is -1.99. The maximum absolute atomic E-state index is 10.8. The summed E-state index contributed by atoms with van der Waals surface area (Å²) in [7, 11) is 1.60. The molecule has 0 saturated heterocycles. The summed E-state index contributed by atoms with van der Waals surface area (Å²) in [5.74, 6) is 2.92. The fourth-order valence-electron chi connectivity index (χ4n) is 3.44. The average molecular weight is 347 g/mol. The van der Waals surface area contributed by atoms with Crippen LogP contribution in [0, 0.1) is 11.8 Å². The molecule has 1 aromatic carbocycles. The molecule has 0 bridgehead atoms. The molecule has 0 radical (unpaired) electrons. The van der Waals surface area contributed by atoms with Crippen LogP contribution in [0.25, 0.3) is 0 Å². The maximum Gasteiger partial charge on any atom is 0.159 e. The summed E-state index contributed by atoms with van der Waals surface area (Å²) in [6.07, 6.45) is 14.9. The number of carbonyl (C=O) groups is 1. The molecule has 0 spiro atoms. The molecule has 2 saturated carbocycles. The number of rotatable bonds is 2. The minimum atomic E-state index is 0.0765. The van der Waals surface area contributed by atoms with E-state index in [-0.39, 0.29) is 5.78 Å². The SMILES string of the molecule is CC1CCCCC1.CC1CCCCC1.COc1ccc(C(C)=O)cc1. The van der Waals surface area contributed by atoms with Crippen molar-refractivity contribution in [1.29, 1.82) is 0 Å². The van der Waals surface area contributed by atoms with Gasteiger partial charge in [-0.2, -0.15) is 0 Å². The summed E-state index contributed by atoms with van der Waals surface area (Å²) in [4.78, 5) is 10.8. The number of methoxy groups -OCH3 is 1. The van der Waals surface area contributed by atoms with Crippen molar-refractivity contribution in [3.05, 3.63) is 29.8 Å². The molecule has 0 amide bonds. The zero-order chi connectivity index (χ0) is 18.5. The van der Waals surface area contributed by atoms with E-state index in [9.17, 15) is 4.79 Å². The van der Waals surface area contributed by atoms with E-state index in [1.54, 1.807) is 38.3 Å². The van der Waals surface area contributed by atoms with Gasteiger partial charge >= 0.3 is 0 Å². The van der Waals surface area contributed by atoms with E-state index in [2.05, 4.69) is 13.8 Å². The van der Waals surface area contributed by atoms with Crippen molar-refractivity contribution >= 4 is 5.78 Å². The minimum Gasteiger partial charge on any atom is -0.497 e. The lowest BCUT2D eigenvalue weighted by atomic mass is 9.91. The van der Waals surface area contributed by atoms with Gasteiger partial charge in [0.1, 0.15) is 5.75 Å². The van der Waals surface area contributed by atoms with Crippen molar-refractivity contribution in [2.24, 2.45) is 11.8 Å². The Labute approximate surface area is 155 Å². The molecule has 2 heteroatoms. The summed E-state index contributed by atoms with van der Waals surface area (Å²) >= 11 is 0. The number of Topliss-reactive ketones (excluding diaryl/α,β-unsaturated/α-hetero) is 1. The summed E-state index contributed by atoms with van der Waals surface area (Å²) in [5, 5.41) is 0. The first kappa shape index (κ1) is 21.7. The van der Waals surface area contributed by atoms with E-state index in [1.807, 2.05) is 0 Å². The van der Waals surface area contributed by atoms with Crippen LogP contribution in [0.15, 0.2) is 24.3 Å². The molecule has 142 valence electrons. The van der Waals surface area contributed by atoms with Gasteiger partial charge in [-0.05, 0) is 43.0 Å². The first-order valence-electron chi connectivity index (χ1n) is 10.2. The average Bonchev–Trinajstić information content (AvgIpc) is 2.64. The number of ketones is 1. The van der Waals surface area contributed by atoms with Crippen LogP contribution in [0.3, 0.4) is 0 Å². The molecule has 2 nitrogen and oxygen atoms in total. The largest absolute Gasteiger partial charge is 0.497 e. The topological polar surface area (TPSA) is 26.3 Å². The third-order valence-electron chi connectivity index (χ3n) is 5.28. The van der Waals surface area contributed by atoms with Gasteiger partial charge in [-0.1, -0.05) is 78.1 Å². The van der Waals surface area contributed by atoms with Crippen LogP contribution < -0.4 is 4.74 Å². The third-order valence-corrected chi connectivity index (χ3v) is 5.28. The van der Waals surface area contributed by atoms with Crippen LogP contribution in [0.2, 0.25) is 0 Å². The molecule has 0 unspecified atom stereocenters. The van der Waals surface area contributed by atoms with E-state index in [0.29, 0.717) is 5.56 Å². The monoisotopic (exact) mass is 346 g/mol. The molecular formula is C23H38O2. The van der Waals surface area contributed by atoms with Crippen molar-refractivity contribution < 1.29 is 9.53 Å². The standard InChI is InChI=1S/C9H10O2.2C7H14/c1-7(10)8-3-5-9(11-2)6-4-8;2*1-7-5-3-2-4-6-7/h3-6H,1-2H3;2*7H,2-6H2,1H3. The third kappa shape index (κ3) is 10.3. The van der Waals surface area contributed by atoms with Gasteiger partial charge in [-0.15, -0.1) is 0 Å². The van der Waals surface area contributed by atoms with Crippen LogP contribution >= 0.6 is 0 Å².